The molecule has 0 heterocycles. The van der Waals surface area contributed by atoms with Crippen molar-refractivity contribution in [2.45, 2.75) is 5.66 Å². The Hall–Kier alpha value is -2.70. The van der Waals surface area contributed by atoms with E-state index in [2.05, 4.69) is 19.7 Å². The summed E-state index contributed by atoms with van der Waals surface area (Å²) < 4.78 is 14.2. The lowest BCUT2D eigenvalue weighted by Crippen LogP contribution is -2.26. The Morgan fingerprint density at radius 3 is 2.04 bits per heavy atom. The molecular formula is C22H19O2P. The normalized spacial score (nSPS) is 19.5. The fourth-order valence-corrected chi connectivity index (χ4v) is 5.85. The first-order chi connectivity index (χ1) is 12.0. The van der Waals surface area contributed by atoms with Gasteiger partial charge >= 0.3 is 0 Å². The molecule has 0 saturated carbocycles. The fourth-order valence-electron chi connectivity index (χ4n) is 2.98. The Bertz CT molecular complexity index is 937. The van der Waals surface area contributed by atoms with Crippen LogP contribution in [0.15, 0.2) is 109 Å². The Balaban J connectivity index is 2.21. The summed E-state index contributed by atoms with van der Waals surface area (Å²) in [5.41, 5.74) is 1.42. The monoisotopic (exact) mass is 346 g/mol. The average Bonchev–Trinajstić information content (AvgIpc) is 2.66. The molecule has 1 aliphatic carbocycles. The quantitative estimate of drug-likeness (QED) is 0.720. The van der Waals surface area contributed by atoms with Crippen molar-refractivity contribution in [3.63, 3.8) is 0 Å². The lowest BCUT2D eigenvalue weighted by molar-refractivity contribution is 0.107. The molecule has 1 aliphatic rings. The van der Waals surface area contributed by atoms with Crippen molar-refractivity contribution in [3.05, 3.63) is 115 Å². The first-order valence-electron chi connectivity index (χ1n) is 7.97. The van der Waals surface area contributed by atoms with Crippen LogP contribution in [0, 0.1) is 0 Å². The highest BCUT2D eigenvalue weighted by molar-refractivity contribution is 7.88. The molecule has 0 amide bonds. The summed E-state index contributed by atoms with van der Waals surface area (Å²) in [5, 5.41) is 0.528. The second-order valence-electron chi connectivity index (χ2n) is 6.00. The van der Waals surface area contributed by atoms with Crippen LogP contribution in [-0.4, -0.2) is 11.2 Å². The van der Waals surface area contributed by atoms with Crippen LogP contribution < -0.4 is 5.30 Å². The van der Waals surface area contributed by atoms with Crippen molar-refractivity contribution in [3.8, 4) is 0 Å². The zero-order chi connectivity index (χ0) is 18.0. The lowest BCUT2D eigenvalue weighted by atomic mass is 9.93. The summed E-state index contributed by atoms with van der Waals surface area (Å²) in [5.74, 6) is 0. The first-order valence-corrected chi connectivity index (χ1v) is 9.74. The molecule has 0 saturated heterocycles. The summed E-state index contributed by atoms with van der Waals surface area (Å²) in [6.07, 6.45) is 3.55. The molecule has 3 heteroatoms. The van der Waals surface area contributed by atoms with E-state index < -0.39 is 12.8 Å². The minimum absolute atomic E-state index is 0.365. The van der Waals surface area contributed by atoms with Crippen LogP contribution in [0.3, 0.4) is 0 Å². The molecule has 2 aromatic rings. The van der Waals surface area contributed by atoms with Gasteiger partial charge in [0.25, 0.3) is 0 Å². The van der Waals surface area contributed by atoms with E-state index >= 15 is 0 Å². The topological polar surface area (TPSA) is 34.1 Å². The fraction of sp³-hybridized carbons (Fsp3) is 0.0455. The van der Waals surface area contributed by atoms with E-state index in [-0.39, 0.29) is 5.52 Å². The third-order valence-corrected chi connectivity index (χ3v) is 7.66. The Labute approximate surface area is 148 Å². The van der Waals surface area contributed by atoms with Gasteiger partial charge in [0.2, 0.25) is 5.52 Å². The number of allylic oxidation sites excluding steroid dienone is 5. The van der Waals surface area contributed by atoms with E-state index in [1.165, 1.54) is 0 Å². The number of carbonyl (C=O) groups excluding carboxylic acids is 1. The van der Waals surface area contributed by atoms with Gasteiger partial charge in [0.05, 0.1) is 5.66 Å². The maximum absolute atomic E-state index is 14.2. The number of benzene rings is 2. The molecular weight excluding hydrogens is 327 g/mol. The van der Waals surface area contributed by atoms with Crippen LogP contribution in [0.5, 0.6) is 0 Å². The predicted octanol–water partition coefficient (Wildman–Crippen LogP) is 5.12. The molecule has 0 spiro atoms. The average molecular weight is 346 g/mol. The van der Waals surface area contributed by atoms with Crippen LogP contribution in [0.1, 0.15) is 10.4 Å². The second-order valence-corrected chi connectivity index (χ2v) is 8.79. The summed E-state index contributed by atoms with van der Waals surface area (Å²) in [7, 11) is -3.51. The molecule has 2 atom stereocenters. The highest BCUT2D eigenvalue weighted by Crippen LogP contribution is 2.57. The third-order valence-electron chi connectivity index (χ3n) is 4.47. The van der Waals surface area contributed by atoms with E-state index in [4.69, 9.17) is 0 Å². The Morgan fingerprint density at radius 2 is 1.44 bits per heavy atom. The highest BCUT2D eigenvalue weighted by Gasteiger charge is 2.43. The molecule has 0 bridgehead atoms. The molecule has 124 valence electrons. The van der Waals surface area contributed by atoms with Gasteiger partial charge in [-0.15, -0.1) is 0 Å². The molecule has 0 radical (unpaired) electrons. The van der Waals surface area contributed by atoms with E-state index in [1.54, 1.807) is 60.7 Å². The zero-order valence-electron chi connectivity index (χ0n) is 13.9. The number of carbonyl (C=O) groups is 1. The minimum Gasteiger partial charge on any atom is -0.309 e. The van der Waals surface area contributed by atoms with Crippen LogP contribution in [0.25, 0.3) is 0 Å². The Kier molecular flexibility index (Phi) is 4.57. The van der Waals surface area contributed by atoms with Crippen LogP contribution in [-0.2, 0) is 4.57 Å². The van der Waals surface area contributed by atoms with Crippen molar-refractivity contribution in [1.29, 1.82) is 0 Å². The zero-order valence-corrected chi connectivity index (χ0v) is 14.8. The van der Waals surface area contributed by atoms with Gasteiger partial charge in [-0.25, -0.2) is 0 Å². The van der Waals surface area contributed by atoms with Gasteiger partial charge in [0, 0.05) is 10.9 Å². The van der Waals surface area contributed by atoms with Gasteiger partial charge in [0.1, 0.15) is 0 Å². The maximum atomic E-state index is 14.2. The molecule has 2 nitrogen and oxygen atoms in total. The number of hydrogen-bond donors (Lipinski definition) is 0. The van der Waals surface area contributed by atoms with E-state index in [9.17, 15) is 9.36 Å². The summed E-state index contributed by atoms with van der Waals surface area (Å²) in [6, 6.07) is 17.7. The van der Waals surface area contributed by atoms with Crippen molar-refractivity contribution in [2.75, 3.05) is 0 Å². The molecule has 0 aliphatic heterocycles. The van der Waals surface area contributed by atoms with Crippen molar-refractivity contribution in [2.24, 2.45) is 0 Å². The predicted molar refractivity (Wildman–Crippen MR) is 105 cm³/mol. The minimum atomic E-state index is -3.51. The van der Waals surface area contributed by atoms with Crippen LogP contribution in [0.4, 0.5) is 0 Å². The number of hydrogen-bond acceptors (Lipinski definition) is 2. The van der Waals surface area contributed by atoms with Gasteiger partial charge in [0.15, 0.2) is 7.14 Å². The molecule has 3 rings (SSSR count). The summed E-state index contributed by atoms with van der Waals surface area (Å²) >= 11 is 0. The maximum Gasteiger partial charge on any atom is 0.226 e. The van der Waals surface area contributed by atoms with E-state index in [1.807, 2.05) is 12.1 Å². The molecule has 2 unspecified atom stereocenters. The molecule has 25 heavy (non-hydrogen) atoms. The summed E-state index contributed by atoms with van der Waals surface area (Å²) in [4.78, 5) is 13.3. The summed E-state index contributed by atoms with van der Waals surface area (Å²) in [6.45, 7) is 12.0. The number of rotatable bonds is 4. The van der Waals surface area contributed by atoms with Crippen molar-refractivity contribution < 1.29 is 9.36 Å². The standard InChI is InChI=1S/C22H19O2P/c1-16-14-15-21(18(3)17(16)2)25(24,20-12-8-5-9-13-20)22(23)19-10-6-4-7-11-19/h4-15,21H,1-3H2. The van der Waals surface area contributed by atoms with Crippen LogP contribution >= 0.6 is 7.14 Å². The van der Waals surface area contributed by atoms with Gasteiger partial charge in [-0.1, -0.05) is 92.6 Å². The van der Waals surface area contributed by atoms with Crippen molar-refractivity contribution >= 4 is 18.0 Å². The smallest absolute Gasteiger partial charge is 0.226 e. The largest absolute Gasteiger partial charge is 0.309 e. The van der Waals surface area contributed by atoms with Gasteiger partial charge < -0.3 is 4.57 Å². The van der Waals surface area contributed by atoms with E-state index in [0.717, 1.165) is 5.57 Å². The Morgan fingerprint density at radius 1 is 0.880 bits per heavy atom. The van der Waals surface area contributed by atoms with Crippen molar-refractivity contribution in [1.82, 2.24) is 0 Å². The van der Waals surface area contributed by atoms with Gasteiger partial charge in [-0.05, 0) is 16.7 Å². The molecule has 0 N–H and O–H groups in total. The van der Waals surface area contributed by atoms with Gasteiger partial charge in [-0.3, -0.25) is 4.79 Å². The molecule has 0 aromatic heterocycles. The molecule has 2 aromatic carbocycles. The van der Waals surface area contributed by atoms with E-state index in [0.29, 0.717) is 22.0 Å². The SMILES string of the molecule is C=C1C=CC(P(=O)(C(=O)c2ccccc2)c2ccccc2)C(=C)C1=C. The molecule has 0 fully saturated rings. The van der Waals surface area contributed by atoms with Crippen LogP contribution in [0.2, 0.25) is 0 Å². The van der Waals surface area contributed by atoms with Gasteiger partial charge in [-0.2, -0.15) is 0 Å². The lowest BCUT2D eigenvalue weighted by Gasteiger charge is -2.30. The first kappa shape index (κ1) is 17.1. The third kappa shape index (κ3) is 2.90. The second kappa shape index (κ2) is 6.66. The highest BCUT2D eigenvalue weighted by atomic mass is 31.2.